The minimum absolute atomic E-state index is 0.0393. The number of nitrogens with two attached hydrogens (primary N) is 3. The fraction of sp³-hybridized carbons (Fsp3) is 0.375. The predicted molar refractivity (Wildman–Crippen MR) is 101 cm³/mol. The number of aliphatic hydroxyl groups is 1. The third-order valence-electron chi connectivity index (χ3n) is 4.52. The zero-order chi connectivity index (χ0) is 18.9. The molecular formula is C16H21ClN8O. The van der Waals surface area contributed by atoms with Crippen molar-refractivity contribution in [2.75, 3.05) is 36.1 Å². The molecule has 0 radical (unpaired) electrons. The molecule has 3 rings (SSSR count). The number of anilines is 3. The molecular weight excluding hydrogens is 356 g/mol. The molecule has 2 aromatic heterocycles. The number of halogens is 1. The number of nitrogen functional groups attached to an aromatic ring is 2. The summed E-state index contributed by atoms with van der Waals surface area (Å²) in [5, 5.41) is 17.9. The molecule has 0 atom stereocenters. The third kappa shape index (κ3) is 3.69. The molecule has 1 fully saturated rings. The first-order chi connectivity index (χ1) is 12.3. The molecule has 0 bridgehead atoms. The molecule has 10 heteroatoms. The van der Waals surface area contributed by atoms with Crippen molar-refractivity contribution in [3.05, 3.63) is 34.7 Å². The summed E-state index contributed by atoms with van der Waals surface area (Å²) in [7, 11) is 0. The number of pyridine rings is 1. The third-order valence-corrected chi connectivity index (χ3v) is 4.72. The lowest BCUT2D eigenvalue weighted by Crippen LogP contribution is -2.53. The summed E-state index contributed by atoms with van der Waals surface area (Å²) in [6.45, 7) is 1.26. The van der Waals surface area contributed by atoms with Crippen LogP contribution in [0.4, 0.5) is 17.5 Å². The van der Waals surface area contributed by atoms with Crippen LogP contribution in [0.25, 0.3) is 0 Å². The van der Waals surface area contributed by atoms with Gasteiger partial charge in [0.05, 0.1) is 18.5 Å². The number of aromatic nitrogens is 3. The fourth-order valence-corrected chi connectivity index (χ4v) is 3.09. The van der Waals surface area contributed by atoms with Crippen molar-refractivity contribution in [3.63, 3.8) is 0 Å². The van der Waals surface area contributed by atoms with Crippen LogP contribution in [-0.4, -0.2) is 51.0 Å². The minimum atomic E-state index is -0.544. The van der Waals surface area contributed by atoms with Crippen molar-refractivity contribution in [2.24, 2.45) is 5.73 Å². The van der Waals surface area contributed by atoms with Crippen molar-refractivity contribution >= 4 is 34.8 Å². The summed E-state index contributed by atoms with van der Waals surface area (Å²) in [6.07, 6.45) is 2.88. The molecule has 1 aliphatic heterocycles. The van der Waals surface area contributed by atoms with Gasteiger partial charge in [0.25, 0.3) is 0 Å². The summed E-state index contributed by atoms with van der Waals surface area (Å²) in [4.78, 5) is 14.6. The Morgan fingerprint density at radius 1 is 1.27 bits per heavy atom. The van der Waals surface area contributed by atoms with Gasteiger partial charge in [-0.3, -0.25) is 5.41 Å². The van der Waals surface area contributed by atoms with Crippen molar-refractivity contribution in [1.29, 1.82) is 5.41 Å². The average Bonchev–Trinajstić information content (AvgIpc) is 2.61. The molecule has 2 aromatic rings. The maximum absolute atomic E-state index is 9.36. The molecule has 1 saturated heterocycles. The van der Waals surface area contributed by atoms with Crippen LogP contribution in [0.1, 0.15) is 24.1 Å². The van der Waals surface area contributed by atoms with E-state index >= 15 is 0 Å². The van der Waals surface area contributed by atoms with Crippen molar-refractivity contribution in [2.45, 2.75) is 18.4 Å². The van der Waals surface area contributed by atoms with Gasteiger partial charge in [-0.1, -0.05) is 11.6 Å². The number of hydrogen-bond acceptors (Lipinski definition) is 9. The Hall–Kier alpha value is -2.49. The molecule has 0 aromatic carbocycles. The summed E-state index contributed by atoms with van der Waals surface area (Å²) >= 11 is 5.89. The van der Waals surface area contributed by atoms with E-state index in [1.807, 2.05) is 4.90 Å². The molecule has 138 valence electrons. The van der Waals surface area contributed by atoms with Crippen LogP contribution in [0, 0.1) is 5.41 Å². The monoisotopic (exact) mass is 376 g/mol. The molecule has 0 unspecified atom stereocenters. The topological polar surface area (TPSA) is 164 Å². The molecule has 1 aliphatic rings. The van der Waals surface area contributed by atoms with Gasteiger partial charge in [0.15, 0.2) is 5.82 Å². The highest BCUT2D eigenvalue weighted by Gasteiger charge is 2.30. The van der Waals surface area contributed by atoms with Crippen LogP contribution >= 0.6 is 11.6 Å². The second-order valence-electron chi connectivity index (χ2n) is 6.45. The maximum Gasteiger partial charge on any atom is 0.154 e. The number of aliphatic hydroxyl groups excluding tert-OH is 1. The molecule has 8 N–H and O–H groups in total. The number of piperidine rings is 1. The molecule has 26 heavy (non-hydrogen) atoms. The van der Waals surface area contributed by atoms with Crippen LogP contribution in [-0.2, 0) is 0 Å². The normalized spacial score (nSPS) is 16.5. The lowest BCUT2D eigenvalue weighted by atomic mass is 9.90. The van der Waals surface area contributed by atoms with E-state index in [-0.39, 0.29) is 34.8 Å². The van der Waals surface area contributed by atoms with Crippen LogP contribution in [0.3, 0.4) is 0 Å². The number of rotatable bonds is 4. The number of hydrogen-bond donors (Lipinski definition) is 5. The summed E-state index contributed by atoms with van der Waals surface area (Å²) in [6, 6.07) is 3.05. The molecule has 3 heterocycles. The van der Waals surface area contributed by atoms with Gasteiger partial charge in [0, 0.05) is 24.2 Å². The second-order valence-corrected chi connectivity index (χ2v) is 6.84. The summed E-state index contributed by atoms with van der Waals surface area (Å²) < 4.78 is 0. The lowest BCUT2D eigenvalue weighted by molar-refractivity contribution is 0.170. The van der Waals surface area contributed by atoms with Gasteiger partial charge in [-0.2, -0.15) is 0 Å². The van der Waals surface area contributed by atoms with E-state index in [4.69, 9.17) is 34.2 Å². The van der Waals surface area contributed by atoms with Crippen LogP contribution in [0.5, 0.6) is 0 Å². The SMILES string of the molecule is N=C(c1cc(N)nc(Cl)c1)c1ncc(N2CCC(N)(CO)CC2)nc1N. The largest absolute Gasteiger partial charge is 0.394 e. The highest BCUT2D eigenvalue weighted by Crippen LogP contribution is 2.25. The van der Waals surface area contributed by atoms with E-state index in [2.05, 4.69) is 15.0 Å². The molecule has 0 amide bonds. The van der Waals surface area contributed by atoms with Crippen LogP contribution < -0.4 is 22.1 Å². The van der Waals surface area contributed by atoms with Crippen LogP contribution in [0.2, 0.25) is 5.15 Å². The van der Waals surface area contributed by atoms with Crippen molar-refractivity contribution in [1.82, 2.24) is 15.0 Å². The predicted octanol–water partition coefficient (Wildman–Crippen LogP) is 0.396. The van der Waals surface area contributed by atoms with Crippen molar-refractivity contribution < 1.29 is 5.11 Å². The Balaban J connectivity index is 1.81. The standard InChI is InChI=1S/C16H21ClN8O/c17-10-5-9(6-11(18)23-10)13(19)14-15(20)24-12(7-22-14)25-3-1-16(21,8-26)2-4-25/h5-7,19,26H,1-4,8,21H2,(H2,18,23)(H2,20,24). The van der Waals surface area contributed by atoms with E-state index in [1.54, 1.807) is 6.20 Å². The highest BCUT2D eigenvalue weighted by atomic mass is 35.5. The number of nitrogens with zero attached hydrogens (tertiary/aromatic N) is 4. The second kappa shape index (κ2) is 7.02. The van der Waals surface area contributed by atoms with Gasteiger partial charge in [-0.25, -0.2) is 15.0 Å². The van der Waals surface area contributed by atoms with Gasteiger partial charge in [-0.05, 0) is 25.0 Å². The van der Waals surface area contributed by atoms with Gasteiger partial charge >= 0.3 is 0 Å². The van der Waals surface area contributed by atoms with E-state index in [0.29, 0.717) is 37.3 Å². The zero-order valence-electron chi connectivity index (χ0n) is 14.1. The number of nitrogens with one attached hydrogen (secondary N) is 1. The summed E-state index contributed by atoms with van der Waals surface area (Å²) in [5.41, 5.74) is 18.0. The Morgan fingerprint density at radius 2 is 1.96 bits per heavy atom. The first-order valence-corrected chi connectivity index (χ1v) is 8.49. The Kier molecular flexibility index (Phi) is 4.94. The zero-order valence-corrected chi connectivity index (χ0v) is 14.9. The average molecular weight is 377 g/mol. The van der Waals surface area contributed by atoms with E-state index in [1.165, 1.54) is 12.1 Å². The Bertz CT molecular complexity index is 815. The highest BCUT2D eigenvalue weighted by molar-refractivity contribution is 6.30. The Labute approximate surface area is 155 Å². The van der Waals surface area contributed by atoms with E-state index in [9.17, 15) is 5.11 Å². The van der Waals surface area contributed by atoms with Gasteiger partial charge in [-0.15, -0.1) is 0 Å². The quantitative estimate of drug-likeness (QED) is 0.377. The summed E-state index contributed by atoms with van der Waals surface area (Å²) in [5.74, 6) is 0.972. The van der Waals surface area contributed by atoms with Crippen molar-refractivity contribution in [3.8, 4) is 0 Å². The van der Waals surface area contributed by atoms with E-state index in [0.717, 1.165) is 0 Å². The van der Waals surface area contributed by atoms with Gasteiger partial charge in [0.1, 0.15) is 22.5 Å². The minimum Gasteiger partial charge on any atom is -0.394 e. The smallest absolute Gasteiger partial charge is 0.154 e. The first-order valence-electron chi connectivity index (χ1n) is 8.11. The maximum atomic E-state index is 9.36. The molecule has 9 nitrogen and oxygen atoms in total. The fourth-order valence-electron chi connectivity index (χ4n) is 2.88. The van der Waals surface area contributed by atoms with Gasteiger partial charge in [0.2, 0.25) is 0 Å². The lowest BCUT2D eigenvalue weighted by Gasteiger charge is -2.38. The molecule has 0 aliphatic carbocycles. The van der Waals surface area contributed by atoms with Crippen LogP contribution in [0.15, 0.2) is 18.3 Å². The van der Waals surface area contributed by atoms with E-state index < -0.39 is 5.54 Å². The Morgan fingerprint density at radius 3 is 2.54 bits per heavy atom. The van der Waals surface area contributed by atoms with Gasteiger partial charge < -0.3 is 27.2 Å². The molecule has 0 spiro atoms. The first kappa shape index (κ1) is 18.3. The molecule has 0 saturated carbocycles.